The molecule has 7 nitrogen and oxygen atoms in total. The normalized spacial score (nSPS) is 10.7. The maximum atomic E-state index is 11.0. The van der Waals surface area contributed by atoms with Gasteiger partial charge in [0, 0.05) is 11.8 Å². The third-order valence-corrected chi connectivity index (χ3v) is 3.86. The van der Waals surface area contributed by atoms with Crippen LogP contribution in [0.2, 0.25) is 0 Å². The maximum absolute atomic E-state index is 11.0. The molecule has 7 heteroatoms. The van der Waals surface area contributed by atoms with E-state index in [1.807, 2.05) is 54.6 Å². The molecule has 0 saturated heterocycles. The molecule has 0 fully saturated rings. The van der Waals surface area contributed by atoms with Crippen molar-refractivity contribution in [1.82, 2.24) is 10.3 Å². The van der Waals surface area contributed by atoms with Crippen LogP contribution < -0.4 is 5.32 Å². The van der Waals surface area contributed by atoms with Gasteiger partial charge in [-0.2, -0.15) is 0 Å². The van der Waals surface area contributed by atoms with E-state index < -0.39 is 4.92 Å². The summed E-state index contributed by atoms with van der Waals surface area (Å²) in [6.07, 6.45) is 0. The number of aromatic nitrogens is 2. The van der Waals surface area contributed by atoms with Gasteiger partial charge in [-0.3, -0.25) is 10.1 Å². The van der Waals surface area contributed by atoms with Gasteiger partial charge in [-0.05, 0) is 39.6 Å². The van der Waals surface area contributed by atoms with Crippen molar-refractivity contribution in [3.05, 3.63) is 76.8 Å². The monoisotopic (exact) mass is 332 g/mol. The molecule has 1 heterocycles. The van der Waals surface area contributed by atoms with Gasteiger partial charge in [-0.25, -0.2) is 4.63 Å². The number of nitro benzene ring substituents is 1. The van der Waals surface area contributed by atoms with Crippen molar-refractivity contribution in [2.45, 2.75) is 0 Å². The number of nitrogens with zero attached hydrogens (tertiary/aromatic N) is 3. The van der Waals surface area contributed by atoms with Crippen LogP contribution in [0.4, 0.5) is 17.1 Å². The van der Waals surface area contributed by atoms with Crippen molar-refractivity contribution >= 4 is 28.1 Å². The van der Waals surface area contributed by atoms with Crippen molar-refractivity contribution in [3.8, 4) is 11.1 Å². The summed E-state index contributed by atoms with van der Waals surface area (Å²) in [7, 11) is 0. The largest absolute Gasteiger partial charge is 0.354 e. The second-order valence-electron chi connectivity index (χ2n) is 5.42. The molecule has 0 spiro atoms. The fraction of sp³-hybridized carbons (Fsp3) is 0. The average Bonchev–Trinajstić information content (AvgIpc) is 3.13. The predicted molar refractivity (Wildman–Crippen MR) is 93.6 cm³/mol. The van der Waals surface area contributed by atoms with Gasteiger partial charge < -0.3 is 5.32 Å². The lowest BCUT2D eigenvalue weighted by Gasteiger charge is -2.08. The molecule has 0 radical (unpaired) electrons. The first-order valence-electron chi connectivity index (χ1n) is 7.54. The number of benzene rings is 3. The molecule has 25 heavy (non-hydrogen) atoms. The van der Waals surface area contributed by atoms with Gasteiger partial charge in [0.05, 0.1) is 10.6 Å². The summed E-state index contributed by atoms with van der Waals surface area (Å²) in [6.45, 7) is 0. The Morgan fingerprint density at radius 3 is 2.24 bits per heavy atom. The molecule has 0 atom stereocenters. The van der Waals surface area contributed by atoms with Gasteiger partial charge in [0.25, 0.3) is 0 Å². The number of nitro groups is 1. The van der Waals surface area contributed by atoms with Gasteiger partial charge in [0.2, 0.25) is 5.52 Å². The van der Waals surface area contributed by atoms with E-state index >= 15 is 0 Å². The Bertz CT molecular complexity index is 1040. The number of fused-ring (bicyclic) bond motifs is 1. The standard InChI is InChI=1S/C18H12N4O3/c23-22(24)16-11-10-15(17-18(16)21-25-20-17)19-14-8-6-13(7-9-14)12-4-2-1-3-5-12/h1-11,19H. The van der Waals surface area contributed by atoms with Crippen LogP contribution in [0.5, 0.6) is 0 Å². The second kappa shape index (κ2) is 6.04. The molecule has 0 aliphatic rings. The summed E-state index contributed by atoms with van der Waals surface area (Å²) >= 11 is 0. The van der Waals surface area contributed by atoms with Crippen molar-refractivity contribution in [2.24, 2.45) is 0 Å². The van der Waals surface area contributed by atoms with E-state index in [0.29, 0.717) is 11.2 Å². The Morgan fingerprint density at radius 1 is 0.840 bits per heavy atom. The van der Waals surface area contributed by atoms with E-state index in [9.17, 15) is 10.1 Å². The highest BCUT2D eigenvalue weighted by Crippen LogP contribution is 2.31. The van der Waals surface area contributed by atoms with Crippen molar-refractivity contribution in [3.63, 3.8) is 0 Å². The fourth-order valence-electron chi connectivity index (χ4n) is 2.63. The van der Waals surface area contributed by atoms with Crippen LogP contribution >= 0.6 is 0 Å². The third kappa shape index (κ3) is 2.78. The maximum Gasteiger partial charge on any atom is 0.300 e. The highest BCUT2D eigenvalue weighted by Gasteiger charge is 2.19. The third-order valence-electron chi connectivity index (χ3n) is 3.86. The molecule has 1 aromatic heterocycles. The minimum Gasteiger partial charge on any atom is -0.354 e. The van der Waals surface area contributed by atoms with Gasteiger partial charge in [0.1, 0.15) is 0 Å². The van der Waals surface area contributed by atoms with E-state index in [-0.39, 0.29) is 11.2 Å². The summed E-state index contributed by atoms with van der Waals surface area (Å²) in [5.41, 5.74) is 3.96. The highest BCUT2D eigenvalue weighted by atomic mass is 16.6. The molecular weight excluding hydrogens is 320 g/mol. The summed E-state index contributed by atoms with van der Waals surface area (Å²) in [5, 5.41) is 21.6. The van der Waals surface area contributed by atoms with E-state index in [2.05, 4.69) is 20.3 Å². The molecule has 0 amide bonds. The first kappa shape index (κ1) is 14.8. The van der Waals surface area contributed by atoms with Crippen LogP contribution in [-0.4, -0.2) is 15.2 Å². The summed E-state index contributed by atoms with van der Waals surface area (Å²) < 4.78 is 4.67. The average molecular weight is 332 g/mol. The van der Waals surface area contributed by atoms with Gasteiger partial charge in [-0.1, -0.05) is 42.5 Å². The molecule has 0 bridgehead atoms. The zero-order chi connectivity index (χ0) is 17.2. The van der Waals surface area contributed by atoms with Crippen LogP contribution in [0.15, 0.2) is 71.4 Å². The van der Waals surface area contributed by atoms with Crippen LogP contribution in [0.3, 0.4) is 0 Å². The van der Waals surface area contributed by atoms with E-state index in [4.69, 9.17) is 0 Å². The number of non-ortho nitro benzene ring substituents is 1. The van der Waals surface area contributed by atoms with Crippen molar-refractivity contribution in [2.75, 3.05) is 5.32 Å². The van der Waals surface area contributed by atoms with E-state index in [1.54, 1.807) is 6.07 Å². The SMILES string of the molecule is O=[N+]([O-])c1ccc(Nc2ccc(-c3ccccc3)cc2)c2nonc12. The van der Waals surface area contributed by atoms with Gasteiger partial charge in [0.15, 0.2) is 5.52 Å². The van der Waals surface area contributed by atoms with Gasteiger partial charge in [-0.15, -0.1) is 0 Å². The Kier molecular flexibility index (Phi) is 3.59. The number of anilines is 2. The van der Waals surface area contributed by atoms with Crippen molar-refractivity contribution in [1.29, 1.82) is 0 Å². The number of rotatable bonds is 4. The van der Waals surface area contributed by atoms with Crippen LogP contribution in [0.1, 0.15) is 0 Å². The molecule has 4 aromatic rings. The molecule has 0 aliphatic heterocycles. The Morgan fingerprint density at radius 2 is 1.52 bits per heavy atom. The lowest BCUT2D eigenvalue weighted by molar-refractivity contribution is -0.383. The zero-order valence-electron chi connectivity index (χ0n) is 12.9. The van der Waals surface area contributed by atoms with Crippen LogP contribution in [-0.2, 0) is 0 Å². The smallest absolute Gasteiger partial charge is 0.300 e. The minimum absolute atomic E-state index is 0.121. The summed E-state index contributed by atoms with van der Waals surface area (Å²) in [6, 6.07) is 20.9. The molecular formula is C18H12N4O3. The first-order valence-corrected chi connectivity index (χ1v) is 7.54. The fourth-order valence-corrected chi connectivity index (χ4v) is 2.63. The minimum atomic E-state index is -0.509. The molecule has 122 valence electrons. The van der Waals surface area contributed by atoms with Crippen LogP contribution in [0.25, 0.3) is 22.2 Å². The van der Waals surface area contributed by atoms with E-state index in [1.165, 1.54) is 6.07 Å². The van der Waals surface area contributed by atoms with E-state index in [0.717, 1.165) is 16.8 Å². The molecule has 4 rings (SSSR count). The number of hydrogen-bond donors (Lipinski definition) is 1. The Balaban J connectivity index is 1.65. The molecule has 0 saturated carbocycles. The van der Waals surface area contributed by atoms with Crippen LogP contribution in [0, 0.1) is 10.1 Å². The molecule has 3 aromatic carbocycles. The van der Waals surface area contributed by atoms with Gasteiger partial charge >= 0.3 is 5.69 Å². The lowest BCUT2D eigenvalue weighted by atomic mass is 10.1. The predicted octanol–water partition coefficient (Wildman–Crippen LogP) is 4.54. The molecule has 0 aliphatic carbocycles. The quantitative estimate of drug-likeness (QED) is 0.435. The first-order chi connectivity index (χ1) is 12.2. The Labute approximate surface area is 142 Å². The summed E-state index contributed by atoms with van der Waals surface area (Å²) in [4.78, 5) is 10.5. The molecule has 1 N–H and O–H groups in total. The lowest BCUT2D eigenvalue weighted by Crippen LogP contribution is -1.94. The zero-order valence-corrected chi connectivity index (χ0v) is 12.9. The second-order valence-corrected chi connectivity index (χ2v) is 5.42. The number of hydrogen-bond acceptors (Lipinski definition) is 6. The Hall–Kier alpha value is -3.74. The summed E-state index contributed by atoms with van der Waals surface area (Å²) in [5.74, 6) is 0. The topological polar surface area (TPSA) is 94.1 Å². The van der Waals surface area contributed by atoms with Crippen molar-refractivity contribution < 1.29 is 9.55 Å². The number of nitrogens with one attached hydrogen (secondary N) is 1. The highest BCUT2D eigenvalue weighted by molar-refractivity contribution is 5.94. The molecule has 0 unspecified atom stereocenters.